The third-order valence-corrected chi connectivity index (χ3v) is 3.85. The van der Waals surface area contributed by atoms with Gasteiger partial charge in [0.25, 0.3) is 11.1 Å². The van der Waals surface area contributed by atoms with Crippen molar-refractivity contribution in [3.63, 3.8) is 0 Å². The molecule has 1 N–H and O–H groups in total. The van der Waals surface area contributed by atoms with E-state index in [1.807, 2.05) is 6.07 Å². The molecule has 0 saturated carbocycles. The van der Waals surface area contributed by atoms with Gasteiger partial charge >= 0.3 is 5.97 Å². The van der Waals surface area contributed by atoms with Crippen LogP contribution in [0.1, 0.15) is 15.9 Å². The van der Waals surface area contributed by atoms with Gasteiger partial charge in [0.1, 0.15) is 5.75 Å². The lowest BCUT2D eigenvalue weighted by atomic mass is 10.1. The van der Waals surface area contributed by atoms with Gasteiger partial charge in [-0.1, -0.05) is 30.3 Å². The molecule has 0 aromatic heterocycles. The molecule has 114 valence electrons. The van der Waals surface area contributed by atoms with Gasteiger partial charge in [0, 0.05) is 0 Å². The molecule has 2 aromatic carbocycles. The van der Waals surface area contributed by atoms with E-state index in [-0.39, 0.29) is 5.24 Å². The summed E-state index contributed by atoms with van der Waals surface area (Å²) in [6.07, 6.45) is 1.59. The van der Waals surface area contributed by atoms with Crippen molar-refractivity contribution in [1.82, 2.24) is 5.32 Å². The van der Waals surface area contributed by atoms with Crippen molar-refractivity contribution < 1.29 is 19.1 Å². The molecule has 0 spiro atoms. The number of para-hydroxylation sites is 1. The number of benzene rings is 2. The Morgan fingerprint density at radius 1 is 1.00 bits per heavy atom. The molecular formula is C17H11NO4S. The summed E-state index contributed by atoms with van der Waals surface area (Å²) in [5, 5.41) is 1.80. The van der Waals surface area contributed by atoms with Crippen LogP contribution in [0.2, 0.25) is 0 Å². The van der Waals surface area contributed by atoms with E-state index in [9.17, 15) is 14.4 Å². The minimum absolute atomic E-state index is 0.328. The van der Waals surface area contributed by atoms with E-state index in [0.29, 0.717) is 21.8 Å². The van der Waals surface area contributed by atoms with Crippen molar-refractivity contribution in [3.8, 4) is 5.75 Å². The second-order valence-electron chi connectivity index (χ2n) is 4.68. The summed E-state index contributed by atoms with van der Waals surface area (Å²) in [7, 11) is 0. The smallest absolute Gasteiger partial charge is 0.343 e. The Morgan fingerprint density at radius 3 is 2.30 bits per heavy atom. The summed E-state index contributed by atoms with van der Waals surface area (Å²) in [6, 6.07) is 15.4. The number of carbonyl (C=O) groups excluding carboxylic acids is 3. The fourth-order valence-electron chi connectivity index (χ4n) is 1.94. The first kappa shape index (κ1) is 15.1. The molecule has 1 fully saturated rings. The maximum atomic E-state index is 12.0. The summed E-state index contributed by atoms with van der Waals surface area (Å²) in [6.45, 7) is 0. The summed E-state index contributed by atoms with van der Waals surface area (Å²) < 4.78 is 5.24. The average molecular weight is 325 g/mol. The van der Waals surface area contributed by atoms with Gasteiger partial charge in [0.05, 0.1) is 10.5 Å². The molecule has 3 rings (SSSR count). The molecule has 0 aliphatic carbocycles. The zero-order chi connectivity index (χ0) is 16.2. The van der Waals surface area contributed by atoms with E-state index in [1.165, 1.54) is 0 Å². The van der Waals surface area contributed by atoms with Crippen molar-refractivity contribution in [1.29, 1.82) is 0 Å². The number of ether oxygens (including phenoxy) is 1. The maximum Gasteiger partial charge on any atom is 0.343 e. The highest BCUT2D eigenvalue weighted by atomic mass is 32.2. The van der Waals surface area contributed by atoms with Crippen LogP contribution >= 0.6 is 11.8 Å². The van der Waals surface area contributed by atoms with Crippen LogP contribution in [0, 0.1) is 0 Å². The van der Waals surface area contributed by atoms with Crippen molar-refractivity contribution in [2.45, 2.75) is 0 Å². The van der Waals surface area contributed by atoms with Gasteiger partial charge in [-0.25, -0.2) is 4.79 Å². The molecule has 23 heavy (non-hydrogen) atoms. The Kier molecular flexibility index (Phi) is 4.25. The first-order chi connectivity index (χ1) is 11.1. The van der Waals surface area contributed by atoms with E-state index < -0.39 is 11.9 Å². The Hall–Kier alpha value is -2.86. The zero-order valence-corrected chi connectivity index (χ0v) is 12.6. The molecule has 0 bridgehead atoms. The van der Waals surface area contributed by atoms with Gasteiger partial charge in [0.2, 0.25) is 0 Å². The van der Waals surface area contributed by atoms with Crippen LogP contribution in [0.5, 0.6) is 5.75 Å². The highest BCUT2D eigenvalue weighted by molar-refractivity contribution is 8.18. The van der Waals surface area contributed by atoms with Crippen molar-refractivity contribution >= 4 is 35.0 Å². The predicted molar refractivity (Wildman–Crippen MR) is 86.9 cm³/mol. The SMILES string of the molecule is O=C1NC(=O)/C(=C/c2ccc(C(=O)Oc3ccccc3)cc2)S1. The average Bonchev–Trinajstić information content (AvgIpc) is 2.86. The monoisotopic (exact) mass is 325 g/mol. The number of amides is 2. The summed E-state index contributed by atoms with van der Waals surface area (Å²) >= 11 is 0.851. The quantitative estimate of drug-likeness (QED) is 0.533. The standard InChI is InChI=1S/C17H11NO4S/c19-15-14(23-17(21)18-15)10-11-6-8-12(9-7-11)16(20)22-13-4-2-1-3-5-13/h1-10H,(H,18,19,21)/b14-10-. The second-order valence-corrected chi connectivity index (χ2v) is 5.69. The summed E-state index contributed by atoms with van der Waals surface area (Å²) in [4.78, 5) is 34.9. The first-order valence-electron chi connectivity index (χ1n) is 6.74. The fourth-order valence-corrected chi connectivity index (χ4v) is 2.62. The number of hydrogen-bond acceptors (Lipinski definition) is 5. The number of carbonyl (C=O) groups is 3. The molecule has 5 nitrogen and oxygen atoms in total. The van der Waals surface area contributed by atoms with Crippen LogP contribution in [-0.2, 0) is 4.79 Å². The minimum atomic E-state index is -0.460. The Balaban J connectivity index is 1.72. The number of imide groups is 1. The van der Waals surface area contributed by atoms with Gasteiger partial charge < -0.3 is 4.74 Å². The number of hydrogen-bond donors (Lipinski definition) is 1. The molecule has 1 heterocycles. The lowest BCUT2D eigenvalue weighted by Crippen LogP contribution is -2.17. The van der Waals surface area contributed by atoms with Crippen molar-refractivity contribution in [3.05, 3.63) is 70.6 Å². The Morgan fingerprint density at radius 2 is 1.70 bits per heavy atom. The van der Waals surface area contributed by atoms with E-state index in [1.54, 1.807) is 54.6 Å². The van der Waals surface area contributed by atoms with Crippen LogP contribution in [0.4, 0.5) is 4.79 Å². The third-order valence-electron chi connectivity index (χ3n) is 3.04. The molecular weight excluding hydrogens is 314 g/mol. The molecule has 0 atom stereocenters. The second kappa shape index (κ2) is 6.50. The number of esters is 1. The van der Waals surface area contributed by atoms with Crippen LogP contribution in [0.25, 0.3) is 6.08 Å². The van der Waals surface area contributed by atoms with Crippen molar-refractivity contribution in [2.24, 2.45) is 0 Å². The molecule has 1 saturated heterocycles. The van der Waals surface area contributed by atoms with Gasteiger partial charge in [-0.05, 0) is 47.7 Å². The summed E-state index contributed by atoms with van der Waals surface area (Å²) in [5.41, 5.74) is 1.12. The largest absolute Gasteiger partial charge is 0.423 e. The van der Waals surface area contributed by atoms with Gasteiger partial charge in [-0.15, -0.1) is 0 Å². The van der Waals surface area contributed by atoms with E-state index in [2.05, 4.69) is 5.32 Å². The number of thioether (sulfide) groups is 1. The topological polar surface area (TPSA) is 72.5 Å². The van der Waals surface area contributed by atoms with Gasteiger partial charge in [-0.2, -0.15) is 0 Å². The molecule has 2 amide bonds. The molecule has 2 aromatic rings. The van der Waals surface area contributed by atoms with E-state index in [0.717, 1.165) is 11.8 Å². The molecule has 0 unspecified atom stereocenters. The van der Waals surface area contributed by atoms with Gasteiger partial charge in [-0.3, -0.25) is 14.9 Å². The highest BCUT2D eigenvalue weighted by Crippen LogP contribution is 2.25. The lowest BCUT2D eigenvalue weighted by Gasteiger charge is -2.04. The van der Waals surface area contributed by atoms with Crippen molar-refractivity contribution in [2.75, 3.05) is 0 Å². The Labute approximate surface area is 136 Å². The molecule has 0 radical (unpaired) electrons. The highest BCUT2D eigenvalue weighted by Gasteiger charge is 2.24. The molecule has 1 aliphatic rings. The summed E-state index contributed by atoms with van der Waals surface area (Å²) in [5.74, 6) is -0.396. The number of nitrogens with one attached hydrogen (secondary N) is 1. The fraction of sp³-hybridized carbons (Fsp3) is 0. The van der Waals surface area contributed by atoms with Crippen LogP contribution in [0.3, 0.4) is 0 Å². The lowest BCUT2D eigenvalue weighted by molar-refractivity contribution is -0.115. The number of rotatable bonds is 3. The van der Waals surface area contributed by atoms with Gasteiger partial charge in [0.15, 0.2) is 0 Å². The maximum absolute atomic E-state index is 12.0. The van der Waals surface area contributed by atoms with Crippen LogP contribution in [-0.4, -0.2) is 17.1 Å². The molecule has 6 heteroatoms. The zero-order valence-electron chi connectivity index (χ0n) is 11.8. The predicted octanol–water partition coefficient (Wildman–Crippen LogP) is 3.23. The van der Waals surface area contributed by atoms with E-state index in [4.69, 9.17) is 4.74 Å². The van der Waals surface area contributed by atoms with Crippen LogP contribution in [0.15, 0.2) is 59.5 Å². The minimum Gasteiger partial charge on any atom is -0.423 e. The third kappa shape index (κ3) is 3.67. The first-order valence-corrected chi connectivity index (χ1v) is 7.55. The normalized spacial score (nSPS) is 15.6. The molecule has 1 aliphatic heterocycles. The van der Waals surface area contributed by atoms with Crippen LogP contribution < -0.4 is 10.1 Å². The Bertz CT molecular complexity index is 797. The van der Waals surface area contributed by atoms with E-state index >= 15 is 0 Å².